The summed E-state index contributed by atoms with van der Waals surface area (Å²) in [4.78, 5) is 22.9. The van der Waals surface area contributed by atoms with Crippen LogP contribution in [-0.4, -0.2) is 75.6 Å². The zero-order valence-electron chi connectivity index (χ0n) is 39.0. The fourth-order valence-corrected chi connectivity index (χ4v) is 7.64. The second-order valence-electron chi connectivity index (χ2n) is 17.8. The van der Waals surface area contributed by atoms with Gasteiger partial charge in [-0.25, -0.2) is 4.57 Å². The van der Waals surface area contributed by atoms with Crippen molar-refractivity contribution < 1.29 is 37.3 Å². The lowest BCUT2D eigenvalue weighted by atomic mass is 10.0. The van der Waals surface area contributed by atoms with Crippen LogP contribution in [0.5, 0.6) is 0 Å². The summed E-state index contributed by atoms with van der Waals surface area (Å²) in [6, 6.07) is 0. The molecule has 0 saturated heterocycles. The number of esters is 1. The molecule has 58 heavy (non-hydrogen) atoms. The average molecular weight is 843 g/mol. The first-order valence-corrected chi connectivity index (χ1v) is 26.1. The van der Waals surface area contributed by atoms with Crippen LogP contribution in [0.25, 0.3) is 0 Å². The van der Waals surface area contributed by atoms with Crippen molar-refractivity contribution in [1.29, 1.82) is 0 Å². The topological polar surface area (TPSA) is 91.3 Å². The second kappa shape index (κ2) is 42.7. The van der Waals surface area contributed by atoms with Gasteiger partial charge in [0.15, 0.2) is 0 Å². The van der Waals surface area contributed by atoms with Gasteiger partial charge in [-0.3, -0.25) is 13.8 Å². The second-order valence-corrected chi connectivity index (χ2v) is 19.3. The van der Waals surface area contributed by atoms with E-state index in [4.69, 9.17) is 18.5 Å². The number of rotatable bonds is 46. The Hall–Kier alpha value is -1.02. The molecule has 0 spiro atoms. The van der Waals surface area contributed by atoms with E-state index >= 15 is 0 Å². The molecule has 9 heteroatoms. The van der Waals surface area contributed by atoms with Gasteiger partial charge < -0.3 is 18.9 Å². The van der Waals surface area contributed by atoms with Gasteiger partial charge in [-0.15, -0.1) is 0 Å². The smallest absolute Gasteiger partial charge is 0.457 e. The molecule has 0 aliphatic heterocycles. The van der Waals surface area contributed by atoms with E-state index in [1.54, 1.807) is 0 Å². The van der Waals surface area contributed by atoms with Crippen LogP contribution in [0.1, 0.15) is 226 Å². The molecule has 0 aromatic rings. The van der Waals surface area contributed by atoms with Crippen molar-refractivity contribution in [3.63, 3.8) is 0 Å². The number of unbranched alkanes of at least 4 members (excludes halogenated alkanes) is 28. The number of quaternary nitrogens is 1. The Bertz CT molecular complexity index is 983. The molecule has 0 heterocycles. The molecule has 0 aromatic carbocycles. The Morgan fingerprint density at radius 2 is 0.897 bits per heavy atom. The Morgan fingerprint density at radius 1 is 0.517 bits per heavy atom. The summed E-state index contributed by atoms with van der Waals surface area (Å²) in [5.74, 6) is -0.314. The van der Waals surface area contributed by atoms with Gasteiger partial charge >= 0.3 is 13.8 Å². The van der Waals surface area contributed by atoms with Gasteiger partial charge in [-0.2, -0.15) is 0 Å². The average Bonchev–Trinajstić information content (AvgIpc) is 3.18. The normalized spacial score (nSPS) is 13.8. The highest BCUT2D eigenvalue weighted by Crippen LogP contribution is 2.43. The lowest BCUT2D eigenvalue weighted by Gasteiger charge is -2.24. The quantitative estimate of drug-likeness (QED) is 0.0215. The molecule has 2 atom stereocenters. The molecule has 2 unspecified atom stereocenters. The number of hydrogen-bond donors (Lipinski definition) is 1. The van der Waals surface area contributed by atoms with E-state index in [1.807, 2.05) is 21.1 Å². The maximum absolute atomic E-state index is 12.7. The van der Waals surface area contributed by atoms with Gasteiger partial charge in [-0.05, 0) is 64.2 Å². The number of phosphoric acid groups is 1. The Balaban J connectivity index is 4.10. The molecule has 8 nitrogen and oxygen atoms in total. The molecule has 0 radical (unpaired) electrons. The molecule has 0 bridgehead atoms. The third-order valence-electron chi connectivity index (χ3n) is 10.7. The summed E-state index contributed by atoms with van der Waals surface area (Å²) < 4.78 is 35.1. The molecular weight excluding hydrogens is 746 g/mol. The van der Waals surface area contributed by atoms with E-state index in [0.29, 0.717) is 24.1 Å². The minimum atomic E-state index is -4.27. The lowest BCUT2D eigenvalue weighted by molar-refractivity contribution is -0.870. The van der Waals surface area contributed by atoms with Gasteiger partial charge in [0.1, 0.15) is 19.3 Å². The number of likely N-dealkylation sites (N-methyl/N-ethyl adjacent to an activating group) is 1. The van der Waals surface area contributed by atoms with Crippen LogP contribution in [-0.2, 0) is 27.9 Å². The molecule has 1 N–H and O–H groups in total. The number of nitrogens with zero attached hydrogens (tertiary/aromatic N) is 1. The SMILES string of the molecule is CCCCC/C=C\CCCCCCCCOCC(COP(=O)(O)OCC[N+](C)(C)C)OC(=O)CCCCCCCCCCCCC/C=C\CCCCCCCCCC. The van der Waals surface area contributed by atoms with E-state index in [0.717, 1.165) is 32.1 Å². The highest BCUT2D eigenvalue weighted by Gasteiger charge is 2.26. The van der Waals surface area contributed by atoms with E-state index in [9.17, 15) is 14.3 Å². The van der Waals surface area contributed by atoms with Crippen molar-refractivity contribution >= 4 is 13.8 Å². The minimum Gasteiger partial charge on any atom is -0.457 e. The zero-order valence-corrected chi connectivity index (χ0v) is 39.9. The summed E-state index contributed by atoms with van der Waals surface area (Å²) in [7, 11) is 1.67. The third kappa shape index (κ3) is 46.1. The first kappa shape index (κ1) is 57.0. The summed E-state index contributed by atoms with van der Waals surface area (Å²) in [6.45, 7) is 5.62. The molecule has 0 fully saturated rings. The van der Waals surface area contributed by atoms with Gasteiger partial charge in [0.2, 0.25) is 0 Å². The summed E-state index contributed by atoms with van der Waals surface area (Å²) in [5.41, 5.74) is 0. The summed E-state index contributed by atoms with van der Waals surface area (Å²) in [5, 5.41) is 0. The molecule has 344 valence electrons. The molecule has 0 aliphatic rings. The van der Waals surface area contributed by atoms with Crippen molar-refractivity contribution in [1.82, 2.24) is 0 Å². The van der Waals surface area contributed by atoms with Crippen LogP contribution < -0.4 is 0 Å². The molecule has 0 amide bonds. The van der Waals surface area contributed by atoms with Gasteiger partial charge in [0.05, 0.1) is 34.4 Å². The van der Waals surface area contributed by atoms with E-state index in [2.05, 4.69) is 38.2 Å². The highest BCUT2D eigenvalue weighted by molar-refractivity contribution is 7.47. The van der Waals surface area contributed by atoms with Crippen molar-refractivity contribution in [2.45, 2.75) is 232 Å². The van der Waals surface area contributed by atoms with Crippen molar-refractivity contribution in [3.8, 4) is 0 Å². The first-order chi connectivity index (χ1) is 28.1. The van der Waals surface area contributed by atoms with Crippen LogP contribution in [0.15, 0.2) is 24.3 Å². The van der Waals surface area contributed by atoms with Crippen LogP contribution in [0.4, 0.5) is 0 Å². The number of phosphoric ester groups is 1. The largest absolute Gasteiger partial charge is 0.472 e. The molecule has 0 aromatic heterocycles. The number of carbonyl (C=O) groups excluding carboxylic acids is 1. The van der Waals surface area contributed by atoms with Crippen LogP contribution >= 0.6 is 7.82 Å². The number of carbonyl (C=O) groups is 1. The Morgan fingerprint density at radius 3 is 1.34 bits per heavy atom. The number of ether oxygens (including phenoxy) is 2. The van der Waals surface area contributed by atoms with E-state index < -0.39 is 13.9 Å². The van der Waals surface area contributed by atoms with Gasteiger partial charge in [0.25, 0.3) is 0 Å². The van der Waals surface area contributed by atoms with Crippen molar-refractivity contribution in [3.05, 3.63) is 24.3 Å². The van der Waals surface area contributed by atoms with Crippen molar-refractivity contribution in [2.24, 2.45) is 0 Å². The number of allylic oxidation sites excluding steroid dienone is 4. The minimum absolute atomic E-state index is 0.0888. The molecular formula is C49H97NO7P+. The van der Waals surface area contributed by atoms with E-state index in [-0.39, 0.29) is 25.8 Å². The number of hydrogen-bond acceptors (Lipinski definition) is 6. The molecule has 0 rings (SSSR count). The standard InChI is InChI=1S/C49H96NO7P/c1-6-8-10-12-14-16-18-20-21-22-23-24-25-26-27-28-29-30-32-34-36-38-40-42-49(51)57-48(47-56-58(52,53)55-45-43-50(3,4)5)46-54-44-41-39-37-35-33-31-19-17-15-13-11-9-7-2/h15,17,22-23,48H,6-14,16,18-21,24-47H2,1-5H3/p+1/b17-15-,23-22-. The molecule has 0 aliphatic carbocycles. The zero-order chi connectivity index (χ0) is 42.7. The molecule has 0 saturated carbocycles. The fraction of sp³-hybridized carbons (Fsp3) is 0.898. The van der Waals surface area contributed by atoms with Crippen LogP contribution in [0.3, 0.4) is 0 Å². The summed E-state index contributed by atoms with van der Waals surface area (Å²) >= 11 is 0. The lowest BCUT2D eigenvalue weighted by Crippen LogP contribution is -2.37. The van der Waals surface area contributed by atoms with Crippen molar-refractivity contribution in [2.75, 3.05) is 54.1 Å². The Labute approximate surface area is 360 Å². The fourth-order valence-electron chi connectivity index (χ4n) is 6.90. The highest BCUT2D eigenvalue weighted by atomic mass is 31.2. The predicted octanol–water partition coefficient (Wildman–Crippen LogP) is 14.8. The predicted molar refractivity (Wildman–Crippen MR) is 247 cm³/mol. The monoisotopic (exact) mass is 843 g/mol. The van der Waals surface area contributed by atoms with E-state index in [1.165, 1.54) is 173 Å². The summed E-state index contributed by atoms with van der Waals surface area (Å²) in [6.07, 6.45) is 49.3. The van der Waals surface area contributed by atoms with Gasteiger partial charge in [-0.1, -0.05) is 179 Å². The Kier molecular flexibility index (Phi) is 41.9. The maximum atomic E-state index is 12.7. The van der Waals surface area contributed by atoms with Crippen LogP contribution in [0, 0.1) is 0 Å². The van der Waals surface area contributed by atoms with Gasteiger partial charge in [0, 0.05) is 13.0 Å². The van der Waals surface area contributed by atoms with Crippen LogP contribution in [0.2, 0.25) is 0 Å². The maximum Gasteiger partial charge on any atom is 0.472 e. The first-order valence-electron chi connectivity index (χ1n) is 24.6. The third-order valence-corrected chi connectivity index (χ3v) is 11.7.